The van der Waals surface area contributed by atoms with Gasteiger partial charge in [-0.1, -0.05) is 32.6 Å². The number of hydrogen-bond donors (Lipinski definition) is 0. The van der Waals surface area contributed by atoms with Crippen molar-refractivity contribution in [3.63, 3.8) is 0 Å². The third kappa shape index (κ3) is 13.6. The van der Waals surface area contributed by atoms with Gasteiger partial charge in [-0.15, -0.1) is 0 Å². The van der Waals surface area contributed by atoms with Crippen molar-refractivity contribution in [1.82, 2.24) is 9.97 Å². The van der Waals surface area contributed by atoms with Gasteiger partial charge in [-0.3, -0.25) is 0 Å². The van der Waals surface area contributed by atoms with E-state index in [0.29, 0.717) is 18.0 Å². The van der Waals surface area contributed by atoms with Gasteiger partial charge in [0.2, 0.25) is 0 Å². The monoisotopic (exact) mass is 562 g/mol. The van der Waals surface area contributed by atoms with Gasteiger partial charge in [0, 0.05) is 5.56 Å². The van der Waals surface area contributed by atoms with Gasteiger partial charge in [-0.05, 0) is 13.3 Å². The van der Waals surface area contributed by atoms with Crippen molar-refractivity contribution >= 4 is 13.3 Å². The van der Waals surface area contributed by atoms with Crippen LogP contribution in [0.1, 0.15) is 84.5 Å². The third-order valence-corrected chi connectivity index (χ3v) is 10.3. The van der Waals surface area contributed by atoms with Crippen LogP contribution in [0.15, 0.2) is 36.7 Å². The number of alkyl halides is 1. The van der Waals surface area contributed by atoms with Crippen LogP contribution in [-0.2, 0) is 0 Å². The molecule has 0 spiro atoms. The first-order valence-corrected chi connectivity index (χ1v) is 21.8. The molecule has 0 saturated carbocycles. The van der Waals surface area contributed by atoms with E-state index in [1.54, 1.807) is 19.3 Å². The van der Waals surface area contributed by atoms with E-state index < -0.39 is 18.9 Å². The maximum atomic E-state index is 14.6. The van der Waals surface area contributed by atoms with E-state index in [1.807, 2.05) is 24.3 Å². The molecule has 0 N–H and O–H groups in total. The molecule has 1 atom stereocenters. The predicted molar refractivity (Wildman–Crippen MR) is 153 cm³/mol. The first-order chi connectivity index (χ1) is 17.2. The second-order valence-corrected chi connectivity index (χ2v) is 23.4. The molecule has 0 aliphatic heterocycles. The van der Waals surface area contributed by atoms with E-state index >= 15 is 0 Å². The van der Waals surface area contributed by atoms with Crippen LogP contribution in [0.25, 0.3) is 11.4 Å². The molecule has 4 nitrogen and oxygen atoms in total. The van der Waals surface area contributed by atoms with Gasteiger partial charge in [0.15, 0.2) is 11.6 Å². The third-order valence-electron chi connectivity index (χ3n) is 6.42. The topological polar surface area (TPSA) is 44.2 Å². The minimum Gasteiger partial charge on any atom is -0.233 e. The van der Waals surface area contributed by atoms with E-state index in [1.165, 1.54) is 37.4 Å². The van der Waals surface area contributed by atoms with Gasteiger partial charge in [0.1, 0.15) is 12.3 Å². The minimum atomic E-state index is -1.34. The summed E-state index contributed by atoms with van der Waals surface area (Å²) in [6.07, 6.45) is 15.8. The van der Waals surface area contributed by atoms with Crippen LogP contribution >= 0.6 is 0 Å². The van der Waals surface area contributed by atoms with Crippen molar-refractivity contribution in [3.8, 4) is 22.9 Å². The minimum absolute atomic E-state index is 0.0208. The van der Waals surface area contributed by atoms with Crippen molar-refractivity contribution in [2.75, 3.05) is 13.2 Å². The van der Waals surface area contributed by atoms with Gasteiger partial charge in [-0.25, -0.2) is 14.4 Å². The fourth-order valence-corrected chi connectivity index (χ4v) is 6.87. The molecule has 2 aromatic rings. The molecule has 0 radical (unpaired) electrons. The maximum absolute atomic E-state index is 14.6. The zero-order valence-corrected chi connectivity index (χ0v) is 25.6. The van der Waals surface area contributed by atoms with Crippen molar-refractivity contribution < 1.29 is 13.9 Å². The Labute approximate surface area is 222 Å². The fraction of sp³-hybridized carbons (Fsp3) is 0.667. The van der Waals surface area contributed by atoms with Crippen LogP contribution in [0.5, 0.6) is 11.5 Å². The summed E-state index contributed by atoms with van der Waals surface area (Å²) >= 11 is -1.33. The number of nitrogens with zero attached hydrogens (tertiary/aromatic N) is 2. The Morgan fingerprint density at radius 3 is 2.03 bits per heavy atom. The van der Waals surface area contributed by atoms with Crippen molar-refractivity contribution in [1.29, 1.82) is 0 Å². The van der Waals surface area contributed by atoms with Crippen LogP contribution in [0, 0.1) is 0 Å². The molecule has 6 heteroatoms. The van der Waals surface area contributed by atoms with Crippen LogP contribution in [0.4, 0.5) is 4.39 Å². The molecular formula is C30H49FGeN2O2. The molecule has 1 heterocycles. The molecule has 1 aromatic carbocycles. The predicted octanol–water partition coefficient (Wildman–Crippen LogP) is 9.28. The molecule has 2 rings (SSSR count). The Kier molecular flexibility index (Phi) is 13.8. The van der Waals surface area contributed by atoms with E-state index in [-0.39, 0.29) is 6.61 Å². The fourth-order valence-electron chi connectivity index (χ4n) is 4.12. The summed E-state index contributed by atoms with van der Waals surface area (Å²) in [5, 5.41) is 1.50. The molecule has 36 heavy (non-hydrogen) atoms. The van der Waals surface area contributed by atoms with Crippen LogP contribution < -0.4 is 9.47 Å². The molecule has 1 aromatic heterocycles. The van der Waals surface area contributed by atoms with Gasteiger partial charge < -0.3 is 4.74 Å². The first-order valence-electron chi connectivity index (χ1n) is 14.1. The summed E-state index contributed by atoms with van der Waals surface area (Å²) < 4.78 is 26.2. The summed E-state index contributed by atoms with van der Waals surface area (Å²) in [6, 6.07) is 7.88. The zero-order chi connectivity index (χ0) is 26.3. The van der Waals surface area contributed by atoms with E-state index in [4.69, 9.17) is 9.47 Å². The molecule has 0 bridgehead atoms. The number of rotatable bonds is 19. The van der Waals surface area contributed by atoms with Gasteiger partial charge in [0.05, 0.1) is 12.4 Å². The average Bonchev–Trinajstić information content (AvgIpc) is 2.84. The number of aromatic nitrogens is 2. The van der Waals surface area contributed by atoms with Gasteiger partial charge in [-0.2, -0.15) is 0 Å². The number of benzene rings is 1. The molecule has 0 amide bonds. The van der Waals surface area contributed by atoms with Gasteiger partial charge >= 0.3 is 116 Å². The van der Waals surface area contributed by atoms with Crippen LogP contribution in [-0.4, -0.2) is 42.1 Å². The Bertz CT molecular complexity index is 836. The molecule has 0 fully saturated rings. The summed E-state index contributed by atoms with van der Waals surface area (Å²) in [5.41, 5.74) is -0.421. The number of unbranched alkanes of at least 4 members (excludes halogenated alkanes) is 8. The number of hydrogen-bond acceptors (Lipinski definition) is 4. The Hall–Kier alpha value is -1.63. The Balaban J connectivity index is 1.65. The zero-order valence-electron chi connectivity index (χ0n) is 23.5. The van der Waals surface area contributed by atoms with Crippen LogP contribution in [0.2, 0.25) is 22.5 Å². The molecule has 0 aliphatic rings. The summed E-state index contributed by atoms with van der Waals surface area (Å²) in [4.78, 5) is 8.80. The molecule has 0 aliphatic carbocycles. The molecular weight excluding hydrogens is 512 g/mol. The molecule has 0 unspecified atom stereocenters. The second kappa shape index (κ2) is 16.3. The van der Waals surface area contributed by atoms with Crippen molar-refractivity contribution in [3.05, 3.63) is 36.7 Å². The standard InChI is InChI=1S/C30H49FGeN2O2/c1-6-7-8-13-20-30(2,31)25-36-28-23-33-29(34-24-28)26-16-18-27(19-17-26)35-22-15-12-10-9-11-14-21-32(3,4)5/h16-19,23-24H,6-15,20-22,25H2,1-5H3/t30-/m0/s1. The van der Waals surface area contributed by atoms with E-state index in [0.717, 1.165) is 50.0 Å². The number of ether oxygens (including phenoxy) is 2. The normalized spacial score (nSPS) is 13.4. The Morgan fingerprint density at radius 2 is 1.39 bits per heavy atom. The van der Waals surface area contributed by atoms with Crippen molar-refractivity contribution in [2.24, 2.45) is 0 Å². The number of halogens is 1. The smallest absolute Gasteiger partial charge is 0.233 e. The Morgan fingerprint density at radius 1 is 0.778 bits per heavy atom. The van der Waals surface area contributed by atoms with Gasteiger partial charge in [0.25, 0.3) is 0 Å². The van der Waals surface area contributed by atoms with Crippen LogP contribution in [0.3, 0.4) is 0 Å². The summed E-state index contributed by atoms with van der Waals surface area (Å²) in [5.74, 6) is 9.49. The first kappa shape index (κ1) is 30.6. The van der Waals surface area contributed by atoms with E-state index in [2.05, 4.69) is 34.2 Å². The van der Waals surface area contributed by atoms with Crippen molar-refractivity contribution in [2.45, 2.75) is 113 Å². The molecule has 202 valence electrons. The SMILES string of the molecule is CCCCCC[C@](C)(F)COc1cnc(-c2ccc(OCCCCCCC[CH2][Ge]([CH3])([CH3])[CH3])cc2)nc1. The summed E-state index contributed by atoms with van der Waals surface area (Å²) in [7, 11) is 0. The molecule has 0 saturated heterocycles. The van der Waals surface area contributed by atoms with E-state index in [9.17, 15) is 4.39 Å². The summed E-state index contributed by atoms with van der Waals surface area (Å²) in [6.45, 7) is 4.54. The quantitative estimate of drug-likeness (QED) is 0.127. The second-order valence-electron chi connectivity index (χ2n) is 11.6. The average molecular weight is 561 g/mol.